The summed E-state index contributed by atoms with van der Waals surface area (Å²) in [6.45, 7) is 7.66. The van der Waals surface area contributed by atoms with Crippen LogP contribution in [0.1, 0.15) is 18.4 Å². The summed E-state index contributed by atoms with van der Waals surface area (Å²) in [6, 6.07) is 9.03. The Balaban J connectivity index is 1.43. The Morgan fingerprint density at radius 1 is 0.929 bits per heavy atom. The molecule has 1 unspecified atom stereocenters. The van der Waals surface area contributed by atoms with Gasteiger partial charge >= 0.3 is 0 Å². The molecule has 1 atom stereocenters. The van der Waals surface area contributed by atoms with E-state index in [1.54, 1.807) is 0 Å². The molecule has 5 rings (SSSR count). The molecule has 2 saturated heterocycles. The molecule has 5 heteroatoms. The van der Waals surface area contributed by atoms with Crippen LogP contribution in [0.2, 0.25) is 0 Å². The molecule has 0 amide bonds. The Morgan fingerprint density at radius 2 is 1.71 bits per heavy atom. The first-order valence-corrected chi connectivity index (χ1v) is 10.7. The minimum atomic E-state index is 0.258. The van der Waals surface area contributed by atoms with Crippen molar-refractivity contribution in [3.8, 4) is 0 Å². The number of anilines is 1. The van der Waals surface area contributed by atoms with Gasteiger partial charge in [0, 0.05) is 69.8 Å². The zero-order valence-electron chi connectivity index (χ0n) is 16.8. The van der Waals surface area contributed by atoms with Gasteiger partial charge in [0.15, 0.2) is 0 Å². The summed E-state index contributed by atoms with van der Waals surface area (Å²) in [5.41, 5.74) is 5.46. The normalized spacial score (nSPS) is 25.0. The number of benzene rings is 1. The number of para-hydroxylation sites is 1. The predicted molar refractivity (Wildman–Crippen MR) is 116 cm³/mol. The monoisotopic (exact) mass is 377 g/mol. The van der Waals surface area contributed by atoms with Crippen LogP contribution in [-0.2, 0) is 0 Å². The first-order chi connectivity index (χ1) is 13.8. The van der Waals surface area contributed by atoms with E-state index >= 15 is 0 Å². The summed E-state index contributed by atoms with van der Waals surface area (Å²) in [6.07, 6.45) is 9.73. The van der Waals surface area contributed by atoms with Crippen LogP contribution in [-0.4, -0.2) is 73.6 Å². The molecule has 0 aliphatic carbocycles. The lowest BCUT2D eigenvalue weighted by Gasteiger charge is -2.40. The van der Waals surface area contributed by atoms with Gasteiger partial charge in [0.1, 0.15) is 5.82 Å². The first kappa shape index (κ1) is 17.7. The molecular weight excluding hydrogens is 346 g/mol. The molecule has 1 aromatic carbocycles. The molecule has 4 aliphatic heterocycles. The van der Waals surface area contributed by atoms with Gasteiger partial charge in [-0.15, -0.1) is 0 Å². The molecule has 0 aromatic heterocycles. The standard InChI is InChI=1S/C23H31N5/c1-26-17-18(8-9-23(26)28-14-10-24-11-15-28)21-16-22(27-12-4-5-13-27)19-6-2-3-7-20(19)25-21/h2-3,6-9,16,21,24-25H,4-5,10-15,17H2,1H3. The molecule has 148 valence electrons. The fourth-order valence-corrected chi connectivity index (χ4v) is 4.88. The maximum atomic E-state index is 3.78. The maximum absolute atomic E-state index is 3.78. The Kier molecular flexibility index (Phi) is 4.77. The zero-order chi connectivity index (χ0) is 18.9. The van der Waals surface area contributed by atoms with Gasteiger partial charge in [-0.3, -0.25) is 0 Å². The van der Waals surface area contributed by atoms with Gasteiger partial charge in [-0.05, 0) is 36.6 Å². The van der Waals surface area contributed by atoms with E-state index in [1.165, 1.54) is 54.3 Å². The number of nitrogens with zero attached hydrogens (tertiary/aromatic N) is 3. The third-order valence-corrected chi connectivity index (χ3v) is 6.38. The average molecular weight is 378 g/mol. The van der Waals surface area contributed by atoms with Crippen molar-refractivity contribution in [1.29, 1.82) is 0 Å². The molecule has 1 aromatic rings. The summed E-state index contributed by atoms with van der Waals surface area (Å²) in [5, 5.41) is 7.23. The fourth-order valence-electron chi connectivity index (χ4n) is 4.88. The van der Waals surface area contributed by atoms with Crippen LogP contribution in [0.4, 0.5) is 5.69 Å². The van der Waals surface area contributed by atoms with Gasteiger partial charge in [0.05, 0.1) is 6.04 Å². The second-order valence-electron chi connectivity index (χ2n) is 8.27. The Morgan fingerprint density at radius 3 is 2.50 bits per heavy atom. The summed E-state index contributed by atoms with van der Waals surface area (Å²) >= 11 is 0. The molecule has 2 fully saturated rings. The van der Waals surface area contributed by atoms with Crippen molar-refractivity contribution < 1.29 is 0 Å². The maximum Gasteiger partial charge on any atom is 0.104 e. The molecule has 28 heavy (non-hydrogen) atoms. The Bertz CT molecular complexity index is 812. The van der Waals surface area contributed by atoms with E-state index in [1.807, 2.05) is 0 Å². The molecule has 0 radical (unpaired) electrons. The van der Waals surface area contributed by atoms with Gasteiger partial charge in [-0.2, -0.15) is 0 Å². The van der Waals surface area contributed by atoms with Crippen LogP contribution >= 0.6 is 0 Å². The quantitative estimate of drug-likeness (QED) is 0.846. The summed E-state index contributed by atoms with van der Waals surface area (Å²) in [7, 11) is 2.22. The predicted octanol–water partition coefficient (Wildman–Crippen LogP) is 2.54. The van der Waals surface area contributed by atoms with Crippen molar-refractivity contribution >= 4 is 11.4 Å². The highest BCUT2D eigenvalue weighted by Gasteiger charge is 2.28. The number of fused-ring (bicyclic) bond motifs is 1. The van der Waals surface area contributed by atoms with Gasteiger partial charge in [0.25, 0.3) is 0 Å². The largest absolute Gasteiger partial charge is 0.374 e. The van der Waals surface area contributed by atoms with Crippen molar-refractivity contribution in [2.24, 2.45) is 0 Å². The smallest absolute Gasteiger partial charge is 0.104 e. The third kappa shape index (κ3) is 3.28. The molecule has 2 N–H and O–H groups in total. The van der Waals surface area contributed by atoms with Crippen LogP contribution in [0, 0.1) is 0 Å². The SMILES string of the molecule is CN1CC(C2C=C(N3CCCC3)c3ccccc3N2)=CC=C1N1CCNCC1. The van der Waals surface area contributed by atoms with E-state index in [0.29, 0.717) is 0 Å². The number of hydrogen-bond acceptors (Lipinski definition) is 5. The number of likely N-dealkylation sites (tertiary alicyclic amines) is 1. The highest BCUT2D eigenvalue weighted by molar-refractivity contribution is 5.80. The molecule has 4 aliphatic rings. The molecule has 0 spiro atoms. The number of hydrogen-bond donors (Lipinski definition) is 2. The van der Waals surface area contributed by atoms with E-state index in [4.69, 9.17) is 0 Å². The van der Waals surface area contributed by atoms with E-state index in [9.17, 15) is 0 Å². The van der Waals surface area contributed by atoms with E-state index < -0.39 is 0 Å². The van der Waals surface area contributed by atoms with E-state index in [2.05, 4.69) is 74.9 Å². The average Bonchev–Trinajstić information content (AvgIpc) is 3.28. The van der Waals surface area contributed by atoms with Gasteiger partial charge in [-0.1, -0.05) is 24.3 Å². The fraction of sp³-hybridized carbons (Fsp3) is 0.478. The number of allylic oxidation sites excluding steroid dienone is 2. The highest BCUT2D eigenvalue weighted by Crippen LogP contribution is 2.36. The van der Waals surface area contributed by atoms with Crippen molar-refractivity contribution in [3.63, 3.8) is 0 Å². The Hall–Kier alpha value is -2.40. The Labute approximate surface area is 168 Å². The topological polar surface area (TPSA) is 33.8 Å². The molecule has 5 nitrogen and oxygen atoms in total. The van der Waals surface area contributed by atoms with Gasteiger partial charge in [-0.25, -0.2) is 0 Å². The lowest BCUT2D eigenvalue weighted by molar-refractivity contribution is 0.217. The van der Waals surface area contributed by atoms with E-state index in [-0.39, 0.29) is 6.04 Å². The number of nitrogens with one attached hydrogen (secondary N) is 2. The lowest BCUT2D eigenvalue weighted by atomic mass is 9.95. The molecule has 0 bridgehead atoms. The van der Waals surface area contributed by atoms with Crippen molar-refractivity contribution in [1.82, 2.24) is 20.0 Å². The summed E-state index contributed by atoms with van der Waals surface area (Å²) in [5.74, 6) is 1.35. The molecular formula is C23H31N5. The van der Waals surface area contributed by atoms with Crippen molar-refractivity contribution in [2.75, 3.05) is 58.2 Å². The van der Waals surface area contributed by atoms with Crippen molar-refractivity contribution in [3.05, 3.63) is 59.5 Å². The summed E-state index contributed by atoms with van der Waals surface area (Å²) < 4.78 is 0. The minimum absolute atomic E-state index is 0.258. The second kappa shape index (κ2) is 7.55. The molecule has 0 saturated carbocycles. The third-order valence-electron chi connectivity index (χ3n) is 6.38. The second-order valence-corrected chi connectivity index (χ2v) is 8.27. The van der Waals surface area contributed by atoms with Gasteiger partial charge in [0.2, 0.25) is 0 Å². The highest BCUT2D eigenvalue weighted by atomic mass is 15.3. The summed E-state index contributed by atoms with van der Waals surface area (Å²) in [4.78, 5) is 7.48. The van der Waals surface area contributed by atoms with Crippen LogP contribution in [0.15, 0.2) is 53.9 Å². The van der Waals surface area contributed by atoms with Crippen LogP contribution in [0.25, 0.3) is 5.70 Å². The van der Waals surface area contributed by atoms with Crippen LogP contribution < -0.4 is 10.6 Å². The van der Waals surface area contributed by atoms with Gasteiger partial charge < -0.3 is 25.3 Å². The van der Waals surface area contributed by atoms with Crippen LogP contribution in [0.5, 0.6) is 0 Å². The molecule has 4 heterocycles. The first-order valence-electron chi connectivity index (χ1n) is 10.7. The van der Waals surface area contributed by atoms with E-state index in [0.717, 1.165) is 32.7 Å². The number of rotatable bonds is 3. The number of likely N-dealkylation sites (N-methyl/N-ethyl adjacent to an activating group) is 1. The lowest BCUT2D eigenvalue weighted by Crippen LogP contribution is -2.47. The van der Waals surface area contributed by atoms with Crippen molar-refractivity contribution in [2.45, 2.75) is 18.9 Å². The minimum Gasteiger partial charge on any atom is -0.374 e. The zero-order valence-corrected chi connectivity index (χ0v) is 16.8. The van der Waals surface area contributed by atoms with Crippen LogP contribution in [0.3, 0.4) is 0 Å². The number of piperazine rings is 1.